The predicted molar refractivity (Wildman–Crippen MR) is 109 cm³/mol. The van der Waals surface area contributed by atoms with Crippen molar-refractivity contribution >= 4 is 22.8 Å². The molecule has 2 aromatic carbocycles. The van der Waals surface area contributed by atoms with Gasteiger partial charge in [-0.2, -0.15) is 0 Å². The van der Waals surface area contributed by atoms with Crippen molar-refractivity contribution in [3.8, 4) is 5.75 Å². The monoisotopic (exact) mass is 410 g/mol. The van der Waals surface area contributed by atoms with Gasteiger partial charge in [0.05, 0.1) is 19.0 Å². The third-order valence-electron chi connectivity index (χ3n) is 4.77. The van der Waals surface area contributed by atoms with Gasteiger partial charge in [-0.05, 0) is 54.8 Å². The first kappa shape index (κ1) is 21.0. The Balaban J connectivity index is 1.76. The number of phenols is 1. The Morgan fingerprint density at radius 1 is 1.20 bits per heavy atom. The van der Waals surface area contributed by atoms with Gasteiger partial charge in [-0.1, -0.05) is 17.3 Å². The number of nitrogens with zero attached hydrogens (tertiary/aromatic N) is 3. The van der Waals surface area contributed by atoms with Crippen molar-refractivity contribution in [2.75, 3.05) is 7.11 Å². The molecule has 0 aliphatic carbocycles. The number of hydrogen-bond acceptors (Lipinski definition) is 7. The molecule has 0 aliphatic rings. The van der Waals surface area contributed by atoms with Crippen LogP contribution in [0.5, 0.6) is 5.75 Å². The van der Waals surface area contributed by atoms with Crippen LogP contribution in [0.1, 0.15) is 29.2 Å². The van der Waals surface area contributed by atoms with Crippen LogP contribution in [-0.2, 0) is 20.9 Å². The van der Waals surface area contributed by atoms with Crippen molar-refractivity contribution in [2.24, 2.45) is 0 Å². The molecular formula is C21H22N4O5. The van der Waals surface area contributed by atoms with Crippen LogP contribution < -0.4 is 10.9 Å². The van der Waals surface area contributed by atoms with E-state index in [1.54, 1.807) is 50.2 Å². The molecule has 0 spiro atoms. The number of carbonyl (C=O) groups excluding carboxylic acids is 2. The van der Waals surface area contributed by atoms with Crippen molar-refractivity contribution in [3.63, 3.8) is 0 Å². The van der Waals surface area contributed by atoms with E-state index in [0.717, 1.165) is 4.68 Å². The highest BCUT2D eigenvalue weighted by Gasteiger charge is 2.25. The highest BCUT2D eigenvalue weighted by atomic mass is 16.5. The quantitative estimate of drug-likeness (QED) is 0.591. The number of methoxy groups -OCH3 is 1. The molecule has 9 nitrogen and oxygen atoms in total. The first-order chi connectivity index (χ1) is 14.3. The number of fused-ring (bicyclic) bond motifs is 1. The summed E-state index contributed by atoms with van der Waals surface area (Å²) in [6.07, 6.45) is -0.0868. The highest BCUT2D eigenvalue weighted by molar-refractivity contribution is 5.85. The van der Waals surface area contributed by atoms with E-state index in [-0.39, 0.29) is 24.3 Å². The molecule has 3 rings (SSSR count). The van der Waals surface area contributed by atoms with Crippen LogP contribution in [0.25, 0.3) is 10.9 Å². The molecule has 0 aliphatic heterocycles. The van der Waals surface area contributed by atoms with Gasteiger partial charge in [0, 0.05) is 6.42 Å². The summed E-state index contributed by atoms with van der Waals surface area (Å²) in [5, 5.41) is 20.8. The molecule has 0 saturated heterocycles. The smallest absolute Gasteiger partial charge is 0.333 e. The molecule has 30 heavy (non-hydrogen) atoms. The number of amides is 1. The topological polar surface area (TPSA) is 123 Å². The SMILES string of the molecule is COC(=O)[C@H](NC(=O)CCn1nnc2ccccc2c1=O)c1cc(C)c(O)c(C)c1. The van der Waals surface area contributed by atoms with E-state index < -0.39 is 17.9 Å². The van der Waals surface area contributed by atoms with Gasteiger partial charge >= 0.3 is 5.97 Å². The fourth-order valence-electron chi connectivity index (χ4n) is 3.16. The highest BCUT2D eigenvalue weighted by Crippen LogP contribution is 2.26. The first-order valence-electron chi connectivity index (χ1n) is 9.31. The second-order valence-electron chi connectivity index (χ2n) is 6.91. The van der Waals surface area contributed by atoms with Crippen LogP contribution in [0.15, 0.2) is 41.2 Å². The normalized spacial score (nSPS) is 11.8. The number of benzene rings is 2. The summed E-state index contributed by atoms with van der Waals surface area (Å²) in [6.45, 7) is 3.41. The number of ether oxygens (including phenoxy) is 1. The number of phenolic OH excluding ortho intramolecular Hbond substituents is 1. The van der Waals surface area contributed by atoms with Crippen LogP contribution in [0.3, 0.4) is 0 Å². The lowest BCUT2D eigenvalue weighted by Crippen LogP contribution is -2.36. The predicted octanol–water partition coefficient (Wildman–Crippen LogP) is 1.53. The lowest BCUT2D eigenvalue weighted by Gasteiger charge is -2.18. The molecule has 0 fully saturated rings. The average molecular weight is 410 g/mol. The Morgan fingerprint density at radius 2 is 1.87 bits per heavy atom. The molecule has 0 saturated carbocycles. The van der Waals surface area contributed by atoms with Gasteiger partial charge in [-0.25, -0.2) is 9.48 Å². The fourth-order valence-corrected chi connectivity index (χ4v) is 3.16. The van der Waals surface area contributed by atoms with Crippen molar-refractivity contribution in [1.82, 2.24) is 20.3 Å². The molecule has 0 bridgehead atoms. The second kappa shape index (κ2) is 8.73. The Bertz CT molecular complexity index is 1150. The minimum Gasteiger partial charge on any atom is -0.507 e. The number of hydrogen-bond donors (Lipinski definition) is 2. The van der Waals surface area contributed by atoms with Gasteiger partial charge in [0.25, 0.3) is 5.56 Å². The minimum atomic E-state index is -1.04. The van der Waals surface area contributed by atoms with E-state index in [4.69, 9.17) is 4.74 Å². The summed E-state index contributed by atoms with van der Waals surface area (Å²) in [4.78, 5) is 37.2. The molecule has 0 unspecified atom stereocenters. The molecular weight excluding hydrogens is 388 g/mol. The molecule has 156 valence electrons. The Hall–Kier alpha value is -3.75. The first-order valence-corrected chi connectivity index (χ1v) is 9.31. The minimum absolute atomic E-state index is 0.00399. The van der Waals surface area contributed by atoms with Crippen molar-refractivity contribution in [3.05, 3.63) is 63.4 Å². The number of aryl methyl sites for hydroxylation is 3. The summed E-state index contributed by atoms with van der Waals surface area (Å²) in [7, 11) is 1.23. The van der Waals surface area contributed by atoms with E-state index in [9.17, 15) is 19.5 Å². The Kier molecular flexibility index (Phi) is 6.10. The van der Waals surface area contributed by atoms with Gasteiger partial charge < -0.3 is 15.2 Å². The number of aromatic nitrogens is 3. The van der Waals surface area contributed by atoms with E-state index in [2.05, 4.69) is 15.6 Å². The maximum absolute atomic E-state index is 12.5. The largest absolute Gasteiger partial charge is 0.507 e. The lowest BCUT2D eigenvalue weighted by molar-refractivity contribution is -0.145. The van der Waals surface area contributed by atoms with Crippen LogP contribution in [0.4, 0.5) is 0 Å². The van der Waals surface area contributed by atoms with Crippen molar-refractivity contribution in [2.45, 2.75) is 32.9 Å². The summed E-state index contributed by atoms with van der Waals surface area (Å²) in [5.74, 6) is -0.978. The van der Waals surface area contributed by atoms with E-state index in [1.165, 1.54) is 7.11 Å². The third kappa shape index (κ3) is 4.29. The second-order valence-corrected chi connectivity index (χ2v) is 6.91. The molecule has 1 aromatic heterocycles. The Morgan fingerprint density at radius 3 is 2.53 bits per heavy atom. The zero-order valence-corrected chi connectivity index (χ0v) is 16.9. The molecule has 1 amide bonds. The van der Waals surface area contributed by atoms with Gasteiger partial charge in [-0.15, -0.1) is 5.10 Å². The zero-order chi connectivity index (χ0) is 21.8. The van der Waals surface area contributed by atoms with Crippen molar-refractivity contribution in [1.29, 1.82) is 0 Å². The van der Waals surface area contributed by atoms with Gasteiger partial charge in [0.15, 0.2) is 6.04 Å². The standard InChI is InChI=1S/C21H22N4O5/c1-12-10-14(11-13(2)19(12)27)18(21(29)30-3)22-17(26)8-9-25-20(28)15-6-4-5-7-16(15)23-24-25/h4-7,10-11,18,27H,8-9H2,1-3H3,(H,22,26)/t18-/m1/s1. The summed E-state index contributed by atoms with van der Waals surface area (Å²) in [6, 6.07) is 9.00. The van der Waals surface area contributed by atoms with Crippen LogP contribution in [-0.4, -0.2) is 39.1 Å². The number of aromatic hydroxyl groups is 1. The van der Waals surface area contributed by atoms with Gasteiger partial charge in [-0.3, -0.25) is 9.59 Å². The van der Waals surface area contributed by atoms with Crippen LogP contribution in [0, 0.1) is 13.8 Å². The van der Waals surface area contributed by atoms with Crippen LogP contribution in [0.2, 0.25) is 0 Å². The molecule has 1 heterocycles. The summed E-state index contributed by atoms with van der Waals surface area (Å²) in [5.41, 5.74) is 1.78. The van der Waals surface area contributed by atoms with Crippen molar-refractivity contribution < 1.29 is 19.4 Å². The fraction of sp³-hybridized carbons (Fsp3) is 0.286. The number of esters is 1. The Labute approximate surface area is 172 Å². The number of carbonyl (C=O) groups is 2. The van der Waals surface area contributed by atoms with Crippen LogP contribution >= 0.6 is 0 Å². The maximum atomic E-state index is 12.5. The van der Waals surface area contributed by atoms with E-state index >= 15 is 0 Å². The van der Waals surface area contributed by atoms with Gasteiger partial charge in [0.1, 0.15) is 11.3 Å². The van der Waals surface area contributed by atoms with E-state index in [0.29, 0.717) is 27.6 Å². The number of nitrogens with one attached hydrogen (secondary N) is 1. The maximum Gasteiger partial charge on any atom is 0.333 e. The summed E-state index contributed by atoms with van der Waals surface area (Å²) >= 11 is 0. The molecule has 0 radical (unpaired) electrons. The van der Waals surface area contributed by atoms with Gasteiger partial charge in [0.2, 0.25) is 5.91 Å². The lowest BCUT2D eigenvalue weighted by atomic mass is 10.00. The summed E-state index contributed by atoms with van der Waals surface area (Å²) < 4.78 is 5.93. The molecule has 9 heteroatoms. The number of rotatable bonds is 6. The molecule has 3 aromatic rings. The van der Waals surface area contributed by atoms with E-state index in [1.807, 2.05) is 0 Å². The zero-order valence-electron chi connectivity index (χ0n) is 16.9. The third-order valence-corrected chi connectivity index (χ3v) is 4.77. The average Bonchev–Trinajstić information content (AvgIpc) is 2.74. The molecule has 2 N–H and O–H groups in total. The molecule has 1 atom stereocenters.